The van der Waals surface area contributed by atoms with Crippen LogP contribution in [0.15, 0.2) is 18.2 Å². The molecule has 5 nitrogen and oxygen atoms in total. The van der Waals surface area contributed by atoms with Crippen LogP contribution in [0.25, 0.3) is 11.0 Å². The fourth-order valence-electron chi connectivity index (χ4n) is 2.01. The Morgan fingerprint density at radius 1 is 1.53 bits per heavy atom. The summed E-state index contributed by atoms with van der Waals surface area (Å²) in [5.41, 5.74) is 8.68. The summed E-state index contributed by atoms with van der Waals surface area (Å²) in [4.78, 5) is 16.0. The molecule has 0 aliphatic heterocycles. The van der Waals surface area contributed by atoms with Crippen molar-refractivity contribution in [3.8, 4) is 0 Å². The molecule has 0 aliphatic rings. The summed E-state index contributed by atoms with van der Waals surface area (Å²) in [6.07, 6.45) is 0. The number of rotatable bonds is 2. The number of hydrogen-bond donors (Lipinski definition) is 2. The molecule has 0 radical (unpaired) electrons. The topological polar surface area (TPSA) is 72.9 Å². The zero-order valence-corrected chi connectivity index (χ0v) is 10.2. The number of nitrogens with two attached hydrogens (primary N) is 1. The number of benzene rings is 1. The fraction of sp³-hybridized carbons (Fsp3) is 0.333. The number of carbonyl (C=O) groups excluding carboxylic acids is 1. The molecule has 90 valence electrons. The summed E-state index contributed by atoms with van der Waals surface area (Å²) >= 11 is 0. The smallest absolute Gasteiger partial charge is 0.242 e. The van der Waals surface area contributed by atoms with Gasteiger partial charge in [-0.1, -0.05) is 12.1 Å². The number of hydrogen-bond acceptors (Lipinski definition) is 3. The lowest BCUT2D eigenvalue weighted by Crippen LogP contribution is -2.28. The molecule has 0 fully saturated rings. The zero-order chi connectivity index (χ0) is 12.6. The number of fused-ring (bicyclic) bond motifs is 1. The van der Waals surface area contributed by atoms with Crippen molar-refractivity contribution < 1.29 is 4.79 Å². The van der Waals surface area contributed by atoms with E-state index in [1.807, 2.05) is 25.1 Å². The van der Waals surface area contributed by atoms with Gasteiger partial charge in [0.15, 0.2) is 0 Å². The van der Waals surface area contributed by atoms with Crippen LogP contribution in [0, 0.1) is 6.92 Å². The van der Waals surface area contributed by atoms with E-state index >= 15 is 0 Å². The van der Waals surface area contributed by atoms with Gasteiger partial charge in [-0.2, -0.15) is 0 Å². The highest BCUT2D eigenvalue weighted by molar-refractivity contribution is 5.86. The van der Waals surface area contributed by atoms with Gasteiger partial charge < -0.3 is 11.1 Å². The SMILES string of the molecule is CNC(=O)C(C)n1c(N)nc2c(C)cccc21. The molecule has 5 heteroatoms. The second kappa shape index (κ2) is 4.08. The van der Waals surface area contributed by atoms with E-state index in [1.54, 1.807) is 18.5 Å². The van der Waals surface area contributed by atoms with Gasteiger partial charge >= 0.3 is 0 Å². The standard InChI is InChI=1S/C12H16N4O/c1-7-5-4-6-9-10(7)15-12(13)16(9)8(2)11(17)14-3/h4-6,8H,1-3H3,(H2,13,15)(H,14,17). The molecular formula is C12H16N4O. The summed E-state index contributed by atoms with van der Waals surface area (Å²) in [5, 5.41) is 2.62. The van der Waals surface area contributed by atoms with E-state index in [2.05, 4.69) is 10.3 Å². The van der Waals surface area contributed by atoms with E-state index in [9.17, 15) is 4.79 Å². The van der Waals surface area contributed by atoms with Gasteiger partial charge in [0.1, 0.15) is 6.04 Å². The molecule has 1 atom stereocenters. The molecule has 0 saturated carbocycles. The third-order valence-electron chi connectivity index (χ3n) is 2.96. The third kappa shape index (κ3) is 1.73. The second-order valence-electron chi connectivity index (χ2n) is 4.07. The number of aromatic nitrogens is 2. The lowest BCUT2D eigenvalue weighted by atomic mass is 10.2. The molecule has 1 unspecified atom stereocenters. The van der Waals surface area contributed by atoms with Gasteiger partial charge in [-0.15, -0.1) is 0 Å². The first kappa shape index (κ1) is 11.4. The summed E-state index contributed by atoms with van der Waals surface area (Å²) in [7, 11) is 1.61. The molecule has 2 rings (SSSR count). The van der Waals surface area contributed by atoms with Crippen LogP contribution in [-0.2, 0) is 4.79 Å². The number of aryl methyl sites for hydroxylation is 1. The zero-order valence-electron chi connectivity index (χ0n) is 10.2. The van der Waals surface area contributed by atoms with Crippen LogP contribution in [0.4, 0.5) is 5.95 Å². The lowest BCUT2D eigenvalue weighted by Gasteiger charge is -2.14. The van der Waals surface area contributed by atoms with E-state index in [0.29, 0.717) is 5.95 Å². The maximum atomic E-state index is 11.7. The quantitative estimate of drug-likeness (QED) is 0.818. The van der Waals surface area contributed by atoms with Crippen molar-refractivity contribution in [3.63, 3.8) is 0 Å². The number of amides is 1. The normalized spacial score (nSPS) is 12.6. The Morgan fingerprint density at radius 2 is 2.24 bits per heavy atom. The first-order valence-corrected chi connectivity index (χ1v) is 5.51. The Kier molecular flexibility index (Phi) is 2.75. The minimum absolute atomic E-state index is 0.0856. The monoisotopic (exact) mass is 232 g/mol. The number of anilines is 1. The highest BCUT2D eigenvalue weighted by Gasteiger charge is 2.19. The number of nitrogens with one attached hydrogen (secondary N) is 1. The Labute approximate surface area is 99.6 Å². The van der Waals surface area contributed by atoms with Gasteiger partial charge in [-0.25, -0.2) is 4.98 Å². The number of imidazole rings is 1. The van der Waals surface area contributed by atoms with Gasteiger partial charge in [0.05, 0.1) is 11.0 Å². The summed E-state index contributed by atoms with van der Waals surface area (Å²) in [5.74, 6) is 0.280. The van der Waals surface area contributed by atoms with Gasteiger partial charge in [0, 0.05) is 7.05 Å². The van der Waals surface area contributed by atoms with Gasteiger partial charge in [0.2, 0.25) is 11.9 Å². The first-order valence-electron chi connectivity index (χ1n) is 5.51. The van der Waals surface area contributed by atoms with Crippen LogP contribution in [0.3, 0.4) is 0 Å². The highest BCUT2D eigenvalue weighted by Crippen LogP contribution is 2.24. The summed E-state index contributed by atoms with van der Waals surface area (Å²) < 4.78 is 1.75. The largest absolute Gasteiger partial charge is 0.369 e. The van der Waals surface area contributed by atoms with Gasteiger partial charge in [-0.05, 0) is 25.5 Å². The molecular weight excluding hydrogens is 216 g/mol. The lowest BCUT2D eigenvalue weighted by molar-refractivity contribution is -0.123. The number of likely N-dealkylation sites (N-methyl/N-ethyl adjacent to an activating group) is 1. The van der Waals surface area contributed by atoms with E-state index in [-0.39, 0.29) is 11.9 Å². The van der Waals surface area contributed by atoms with E-state index in [1.165, 1.54) is 0 Å². The number of carbonyl (C=O) groups is 1. The number of nitrogen functional groups attached to an aromatic ring is 1. The summed E-state index contributed by atoms with van der Waals surface area (Å²) in [6.45, 7) is 3.78. The molecule has 1 amide bonds. The van der Waals surface area contributed by atoms with Crippen molar-refractivity contribution in [1.29, 1.82) is 0 Å². The van der Waals surface area contributed by atoms with Crippen molar-refractivity contribution in [3.05, 3.63) is 23.8 Å². The molecule has 2 aromatic rings. The van der Waals surface area contributed by atoms with Crippen LogP contribution in [0.2, 0.25) is 0 Å². The minimum Gasteiger partial charge on any atom is -0.369 e. The van der Waals surface area contributed by atoms with Crippen LogP contribution in [-0.4, -0.2) is 22.5 Å². The summed E-state index contributed by atoms with van der Waals surface area (Å²) in [6, 6.07) is 5.47. The average Bonchev–Trinajstić information content (AvgIpc) is 2.65. The molecule has 0 bridgehead atoms. The Bertz CT molecular complexity index is 573. The molecule has 0 spiro atoms. The highest BCUT2D eigenvalue weighted by atomic mass is 16.2. The Morgan fingerprint density at radius 3 is 2.88 bits per heavy atom. The molecule has 1 aromatic carbocycles. The van der Waals surface area contributed by atoms with Crippen LogP contribution >= 0.6 is 0 Å². The number of nitrogens with zero attached hydrogens (tertiary/aromatic N) is 2. The third-order valence-corrected chi connectivity index (χ3v) is 2.96. The van der Waals surface area contributed by atoms with Crippen molar-refractivity contribution in [2.75, 3.05) is 12.8 Å². The van der Waals surface area contributed by atoms with Gasteiger partial charge in [-0.3, -0.25) is 9.36 Å². The maximum absolute atomic E-state index is 11.7. The predicted molar refractivity (Wildman–Crippen MR) is 67.7 cm³/mol. The van der Waals surface area contributed by atoms with Crippen molar-refractivity contribution in [2.24, 2.45) is 0 Å². The first-order chi connectivity index (χ1) is 8.06. The van der Waals surface area contributed by atoms with E-state index < -0.39 is 0 Å². The fourth-order valence-corrected chi connectivity index (χ4v) is 2.01. The Balaban J connectivity index is 2.65. The number of para-hydroxylation sites is 1. The van der Waals surface area contributed by atoms with E-state index in [4.69, 9.17) is 5.73 Å². The van der Waals surface area contributed by atoms with Crippen LogP contribution < -0.4 is 11.1 Å². The van der Waals surface area contributed by atoms with Crippen molar-refractivity contribution >= 4 is 22.9 Å². The average molecular weight is 232 g/mol. The second-order valence-corrected chi connectivity index (χ2v) is 4.07. The molecule has 1 heterocycles. The minimum atomic E-state index is -0.369. The molecule has 17 heavy (non-hydrogen) atoms. The van der Waals surface area contributed by atoms with Crippen LogP contribution in [0.1, 0.15) is 18.5 Å². The van der Waals surface area contributed by atoms with Crippen molar-refractivity contribution in [2.45, 2.75) is 19.9 Å². The maximum Gasteiger partial charge on any atom is 0.242 e. The van der Waals surface area contributed by atoms with Crippen molar-refractivity contribution in [1.82, 2.24) is 14.9 Å². The van der Waals surface area contributed by atoms with Crippen LogP contribution in [0.5, 0.6) is 0 Å². The molecule has 1 aromatic heterocycles. The van der Waals surface area contributed by atoms with E-state index in [0.717, 1.165) is 16.6 Å². The van der Waals surface area contributed by atoms with Gasteiger partial charge in [0.25, 0.3) is 0 Å². The Hall–Kier alpha value is -2.04. The molecule has 3 N–H and O–H groups in total. The molecule has 0 aliphatic carbocycles. The molecule has 0 saturated heterocycles. The predicted octanol–water partition coefficient (Wildman–Crippen LogP) is 1.23.